The summed E-state index contributed by atoms with van der Waals surface area (Å²) in [6.07, 6.45) is 0.848. The molecule has 0 aromatic heterocycles. The molecular weight excluding hydrogens is 328 g/mol. The largest absolute Gasteiger partial charge is 0.484 e. The number of amides is 1. The Morgan fingerprint density at radius 3 is 2.46 bits per heavy atom. The maximum Gasteiger partial charge on any atom is 0.258 e. The van der Waals surface area contributed by atoms with Gasteiger partial charge in [-0.3, -0.25) is 4.79 Å². The Balaban J connectivity index is 2.73. The lowest BCUT2D eigenvalue weighted by Crippen LogP contribution is -2.35. The number of aryl methyl sites for hydroxylation is 1. The molecule has 0 heterocycles. The van der Waals surface area contributed by atoms with E-state index >= 15 is 0 Å². The minimum atomic E-state index is -3.53. The Morgan fingerprint density at radius 2 is 1.92 bits per heavy atom. The van der Waals surface area contributed by atoms with Crippen LogP contribution < -0.4 is 14.8 Å². The fourth-order valence-electron chi connectivity index (χ4n) is 1.87. The summed E-state index contributed by atoms with van der Waals surface area (Å²) in [4.78, 5) is 11.9. The van der Waals surface area contributed by atoms with Gasteiger partial charge in [0.15, 0.2) is 6.61 Å². The van der Waals surface area contributed by atoms with Gasteiger partial charge in [0.2, 0.25) is 10.0 Å². The molecule has 2 N–H and O–H groups in total. The number of carbonyl (C=O) groups is 1. The highest BCUT2D eigenvalue weighted by Crippen LogP contribution is 2.21. The SMILES string of the molecule is CCC(C)NC(=O)COc1ccc(S(=O)(=O)NCC(C)C)cc1C. The molecule has 0 spiro atoms. The third kappa shape index (κ3) is 6.49. The molecule has 1 rings (SSSR count). The summed E-state index contributed by atoms with van der Waals surface area (Å²) < 4.78 is 32.5. The van der Waals surface area contributed by atoms with Gasteiger partial charge in [0.05, 0.1) is 4.90 Å². The van der Waals surface area contributed by atoms with E-state index in [0.717, 1.165) is 6.42 Å². The van der Waals surface area contributed by atoms with E-state index in [1.54, 1.807) is 19.1 Å². The van der Waals surface area contributed by atoms with Crippen molar-refractivity contribution in [1.82, 2.24) is 10.0 Å². The number of carbonyl (C=O) groups excluding carboxylic acids is 1. The van der Waals surface area contributed by atoms with Gasteiger partial charge >= 0.3 is 0 Å². The second kappa shape index (κ2) is 9.03. The number of nitrogens with one attached hydrogen (secondary N) is 2. The molecule has 0 bridgehead atoms. The van der Waals surface area contributed by atoms with Crippen molar-refractivity contribution in [2.75, 3.05) is 13.2 Å². The third-order valence-corrected chi connectivity index (χ3v) is 4.94. The third-order valence-electron chi connectivity index (χ3n) is 3.52. The highest BCUT2D eigenvalue weighted by Gasteiger charge is 2.16. The molecule has 136 valence electrons. The quantitative estimate of drug-likeness (QED) is 0.710. The van der Waals surface area contributed by atoms with Crippen molar-refractivity contribution in [3.8, 4) is 5.75 Å². The molecule has 1 amide bonds. The van der Waals surface area contributed by atoms with Gasteiger partial charge in [-0.25, -0.2) is 13.1 Å². The molecule has 0 radical (unpaired) electrons. The average molecular weight is 356 g/mol. The summed E-state index contributed by atoms with van der Waals surface area (Å²) in [5.41, 5.74) is 0.666. The molecule has 0 saturated carbocycles. The first-order valence-corrected chi connectivity index (χ1v) is 9.66. The Morgan fingerprint density at radius 1 is 1.25 bits per heavy atom. The van der Waals surface area contributed by atoms with E-state index in [1.165, 1.54) is 6.07 Å². The molecule has 1 aromatic carbocycles. The molecule has 0 aliphatic heterocycles. The second-order valence-corrected chi connectivity index (χ2v) is 8.11. The highest BCUT2D eigenvalue weighted by atomic mass is 32.2. The van der Waals surface area contributed by atoms with Gasteiger partial charge in [-0.1, -0.05) is 20.8 Å². The van der Waals surface area contributed by atoms with E-state index in [0.29, 0.717) is 17.9 Å². The Bertz CT molecular complexity index is 657. The molecule has 0 saturated heterocycles. The van der Waals surface area contributed by atoms with Gasteiger partial charge < -0.3 is 10.1 Å². The topological polar surface area (TPSA) is 84.5 Å². The van der Waals surface area contributed by atoms with Gasteiger partial charge in [-0.05, 0) is 49.9 Å². The van der Waals surface area contributed by atoms with Crippen molar-refractivity contribution in [1.29, 1.82) is 0 Å². The van der Waals surface area contributed by atoms with Gasteiger partial charge in [0.25, 0.3) is 5.91 Å². The lowest BCUT2D eigenvalue weighted by molar-refractivity contribution is -0.123. The Kier molecular flexibility index (Phi) is 7.69. The summed E-state index contributed by atoms with van der Waals surface area (Å²) in [6.45, 7) is 9.83. The molecular formula is C17H28N2O4S. The van der Waals surface area contributed by atoms with Crippen LogP contribution in [-0.2, 0) is 14.8 Å². The van der Waals surface area contributed by atoms with Crippen molar-refractivity contribution in [2.24, 2.45) is 5.92 Å². The zero-order chi connectivity index (χ0) is 18.3. The van der Waals surface area contributed by atoms with Crippen molar-refractivity contribution < 1.29 is 17.9 Å². The van der Waals surface area contributed by atoms with E-state index < -0.39 is 10.0 Å². The van der Waals surface area contributed by atoms with Gasteiger partial charge in [0, 0.05) is 12.6 Å². The van der Waals surface area contributed by atoms with Gasteiger partial charge in [-0.15, -0.1) is 0 Å². The van der Waals surface area contributed by atoms with Crippen LogP contribution in [0.15, 0.2) is 23.1 Å². The molecule has 0 aliphatic rings. The lowest BCUT2D eigenvalue weighted by atomic mass is 10.2. The van der Waals surface area contributed by atoms with Crippen LogP contribution in [0.3, 0.4) is 0 Å². The summed E-state index contributed by atoms with van der Waals surface area (Å²) in [6, 6.07) is 4.71. The van der Waals surface area contributed by atoms with Crippen molar-refractivity contribution >= 4 is 15.9 Å². The number of benzene rings is 1. The molecule has 0 fully saturated rings. The van der Waals surface area contributed by atoms with Crippen molar-refractivity contribution in [2.45, 2.75) is 52.0 Å². The zero-order valence-corrected chi connectivity index (χ0v) is 15.9. The summed E-state index contributed by atoms with van der Waals surface area (Å²) >= 11 is 0. The van der Waals surface area contributed by atoms with Crippen LogP contribution in [0.25, 0.3) is 0 Å². The minimum absolute atomic E-state index is 0.0944. The van der Waals surface area contributed by atoms with E-state index in [2.05, 4.69) is 10.0 Å². The average Bonchev–Trinajstić information content (AvgIpc) is 2.51. The zero-order valence-electron chi connectivity index (χ0n) is 15.0. The molecule has 1 atom stereocenters. The predicted molar refractivity (Wildman–Crippen MR) is 94.6 cm³/mol. The first-order valence-electron chi connectivity index (χ1n) is 8.18. The normalized spacial score (nSPS) is 12.9. The van der Waals surface area contributed by atoms with Crippen LogP contribution in [0.4, 0.5) is 0 Å². The molecule has 0 aliphatic carbocycles. The number of rotatable bonds is 9. The van der Waals surface area contributed by atoms with Crippen LogP contribution in [-0.4, -0.2) is 33.5 Å². The van der Waals surface area contributed by atoms with Crippen LogP contribution in [0, 0.1) is 12.8 Å². The van der Waals surface area contributed by atoms with E-state index in [-0.39, 0.29) is 29.4 Å². The Hall–Kier alpha value is -1.60. The number of hydrogen-bond acceptors (Lipinski definition) is 4. The van der Waals surface area contributed by atoms with Gasteiger partial charge in [-0.2, -0.15) is 0 Å². The van der Waals surface area contributed by atoms with Crippen LogP contribution >= 0.6 is 0 Å². The number of sulfonamides is 1. The monoisotopic (exact) mass is 356 g/mol. The lowest BCUT2D eigenvalue weighted by Gasteiger charge is -2.14. The Labute approximate surface area is 145 Å². The molecule has 6 nitrogen and oxygen atoms in total. The summed E-state index contributed by atoms with van der Waals surface area (Å²) in [7, 11) is -3.53. The maximum atomic E-state index is 12.2. The summed E-state index contributed by atoms with van der Waals surface area (Å²) in [5.74, 6) is 0.531. The summed E-state index contributed by atoms with van der Waals surface area (Å²) in [5, 5.41) is 2.81. The molecule has 24 heavy (non-hydrogen) atoms. The first-order chi connectivity index (χ1) is 11.2. The van der Waals surface area contributed by atoms with Crippen LogP contribution in [0.5, 0.6) is 5.75 Å². The smallest absolute Gasteiger partial charge is 0.258 e. The van der Waals surface area contributed by atoms with Crippen LogP contribution in [0.1, 0.15) is 39.7 Å². The number of ether oxygens (including phenoxy) is 1. The minimum Gasteiger partial charge on any atom is -0.484 e. The fraction of sp³-hybridized carbons (Fsp3) is 0.588. The maximum absolute atomic E-state index is 12.2. The first kappa shape index (κ1) is 20.4. The standard InChI is InChI=1S/C17H28N2O4S/c1-6-14(5)19-17(20)11-23-16-8-7-15(9-13(16)4)24(21,22)18-10-12(2)3/h7-9,12,14,18H,6,10-11H2,1-5H3,(H,19,20). The van der Waals surface area contributed by atoms with Crippen molar-refractivity contribution in [3.05, 3.63) is 23.8 Å². The number of hydrogen-bond donors (Lipinski definition) is 2. The van der Waals surface area contributed by atoms with Gasteiger partial charge in [0.1, 0.15) is 5.75 Å². The van der Waals surface area contributed by atoms with E-state index in [9.17, 15) is 13.2 Å². The van der Waals surface area contributed by atoms with E-state index in [1.807, 2.05) is 27.7 Å². The highest BCUT2D eigenvalue weighted by molar-refractivity contribution is 7.89. The molecule has 1 aromatic rings. The molecule has 1 unspecified atom stereocenters. The van der Waals surface area contributed by atoms with E-state index in [4.69, 9.17) is 4.74 Å². The predicted octanol–water partition coefficient (Wildman–Crippen LogP) is 2.22. The second-order valence-electron chi connectivity index (χ2n) is 6.34. The fourth-order valence-corrected chi connectivity index (χ4v) is 3.17. The van der Waals surface area contributed by atoms with Crippen LogP contribution in [0.2, 0.25) is 0 Å². The van der Waals surface area contributed by atoms with Crippen molar-refractivity contribution in [3.63, 3.8) is 0 Å². The molecule has 7 heteroatoms.